The second-order valence-electron chi connectivity index (χ2n) is 2.45. The van der Waals surface area contributed by atoms with Crippen molar-refractivity contribution in [3.63, 3.8) is 0 Å². The van der Waals surface area contributed by atoms with Gasteiger partial charge in [-0.05, 0) is 12.5 Å². The van der Waals surface area contributed by atoms with Gasteiger partial charge in [-0.25, -0.2) is 0 Å². The third kappa shape index (κ3) is 1.79. The fourth-order valence-electron chi connectivity index (χ4n) is 1.03. The molecule has 0 fully saturated rings. The molecule has 0 atom stereocenters. The van der Waals surface area contributed by atoms with Crippen molar-refractivity contribution in [1.82, 2.24) is 4.90 Å². The summed E-state index contributed by atoms with van der Waals surface area (Å²) in [6.07, 6.45) is 6.60. The number of hydrogen-bond donors (Lipinski definition) is 1. The molecule has 0 aromatic rings. The first-order chi connectivity index (χ1) is 4.83. The van der Waals surface area contributed by atoms with Crippen LogP contribution in [0.4, 0.5) is 0 Å². The molecule has 0 aliphatic carbocycles. The Morgan fingerprint density at radius 2 is 2.50 bits per heavy atom. The summed E-state index contributed by atoms with van der Waals surface area (Å²) >= 11 is 0. The van der Waals surface area contributed by atoms with Crippen LogP contribution in [0.3, 0.4) is 0 Å². The Morgan fingerprint density at radius 3 is 3.10 bits per heavy atom. The topological polar surface area (TPSA) is 23.5 Å². The lowest BCUT2D eigenvalue weighted by molar-refractivity contribution is 0.356. The summed E-state index contributed by atoms with van der Waals surface area (Å²) in [5.41, 5.74) is 0. The largest absolute Gasteiger partial charge is 0.506 e. The maximum absolute atomic E-state index is 9.04. The highest BCUT2D eigenvalue weighted by molar-refractivity contribution is 5.14. The van der Waals surface area contributed by atoms with Gasteiger partial charge in [0.25, 0.3) is 0 Å². The lowest BCUT2D eigenvalue weighted by atomic mass is 10.3. The minimum atomic E-state index is 0.361. The molecule has 0 aromatic heterocycles. The van der Waals surface area contributed by atoms with Crippen LogP contribution in [0, 0.1) is 0 Å². The van der Waals surface area contributed by atoms with Crippen molar-refractivity contribution >= 4 is 0 Å². The predicted molar refractivity (Wildman–Crippen MR) is 41.7 cm³/mol. The number of hydrogen-bond acceptors (Lipinski definition) is 2. The molecule has 0 amide bonds. The van der Waals surface area contributed by atoms with E-state index < -0.39 is 0 Å². The van der Waals surface area contributed by atoms with E-state index in [1.807, 2.05) is 6.08 Å². The fourth-order valence-corrected chi connectivity index (χ4v) is 1.03. The van der Waals surface area contributed by atoms with Gasteiger partial charge in [0.05, 0.1) is 0 Å². The lowest BCUT2D eigenvalue weighted by Gasteiger charge is -2.20. The molecule has 0 bridgehead atoms. The van der Waals surface area contributed by atoms with Crippen LogP contribution in [0.25, 0.3) is 0 Å². The molecule has 0 radical (unpaired) electrons. The number of aliphatic hydroxyl groups is 1. The average Bonchev–Trinajstić information content (AvgIpc) is 1.88. The SMILES string of the molecule is CCCN1C=C(O)C=CC1. The molecule has 1 heterocycles. The van der Waals surface area contributed by atoms with Crippen LogP contribution in [0.1, 0.15) is 13.3 Å². The molecule has 1 aliphatic heterocycles. The zero-order valence-corrected chi connectivity index (χ0v) is 6.25. The molecule has 1 rings (SSSR count). The van der Waals surface area contributed by atoms with Crippen molar-refractivity contribution in [2.75, 3.05) is 13.1 Å². The van der Waals surface area contributed by atoms with E-state index in [-0.39, 0.29) is 0 Å². The third-order valence-electron chi connectivity index (χ3n) is 1.45. The minimum absolute atomic E-state index is 0.361. The summed E-state index contributed by atoms with van der Waals surface area (Å²) in [5.74, 6) is 0.361. The fraction of sp³-hybridized carbons (Fsp3) is 0.500. The van der Waals surface area contributed by atoms with Crippen LogP contribution in [-0.2, 0) is 0 Å². The normalized spacial score (nSPS) is 17.3. The van der Waals surface area contributed by atoms with Gasteiger partial charge in [-0.1, -0.05) is 13.0 Å². The maximum Gasteiger partial charge on any atom is 0.131 e. The summed E-state index contributed by atoms with van der Waals surface area (Å²) in [6, 6.07) is 0. The quantitative estimate of drug-likeness (QED) is 0.629. The van der Waals surface area contributed by atoms with E-state index in [2.05, 4.69) is 11.8 Å². The number of allylic oxidation sites excluding steroid dienone is 1. The van der Waals surface area contributed by atoms with Gasteiger partial charge in [0.1, 0.15) is 5.76 Å². The van der Waals surface area contributed by atoms with Crippen molar-refractivity contribution in [3.8, 4) is 0 Å². The molecule has 0 unspecified atom stereocenters. The van der Waals surface area contributed by atoms with Gasteiger partial charge >= 0.3 is 0 Å². The van der Waals surface area contributed by atoms with Crippen molar-refractivity contribution in [2.45, 2.75) is 13.3 Å². The summed E-state index contributed by atoms with van der Waals surface area (Å²) in [4.78, 5) is 2.09. The van der Waals surface area contributed by atoms with Gasteiger partial charge in [-0.2, -0.15) is 0 Å². The van der Waals surface area contributed by atoms with Crippen LogP contribution < -0.4 is 0 Å². The van der Waals surface area contributed by atoms with E-state index in [1.165, 1.54) is 0 Å². The van der Waals surface area contributed by atoms with Crippen molar-refractivity contribution < 1.29 is 5.11 Å². The highest BCUT2D eigenvalue weighted by Gasteiger charge is 2.00. The van der Waals surface area contributed by atoms with Crippen LogP contribution in [-0.4, -0.2) is 23.1 Å². The van der Waals surface area contributed by atoms with Crippen molar-refractivity contribution in [2.24, 2.45) is 0 Å². The highest BCUT2D eigenvalue weighted by Crippen LogP contribution is 2.04. The van der Waals surface area contributed by atoms with Gasteiger partial charge in [0.15, 0.2) is 0 Å². The van der Waals surface area contributed by atoms with Gasteiger partial charge in [-0.3, -0.25) is 0 Å². The molecule has 10 heavy (non-hydrogen) atoms. The number of nitrogens with zero attached hydrogens (tertiary/aromatic N) is 1. The van der Waals surface area contributed by atoms with Gasteiger partial charge in [0, 0.05) is 19.3 Å². The number of aliphatic hydroxyl groups excluding tert-OH is 1. The summed E-state index contributed by atoms with van der Waals surface area (Å²) in [5, 5.41) is 9.04. The smallest absolute Gasteiger partial charge is 0.131 e. The van der Waals surface area contributed by atoms with E-state index in [1.54, 1.807) is 12.3 Å². The second kappa shape index (κ2) is 3.30. The maximum atomic E-state index is 9.04. The second-order valence-corrected chi connectivity index (χ2v) is 2.45. The van der Waals surface area contributed by atoms with Crippen LogP contribution in [0.15, 0.2) is 24.1 Å². The Balaban J connectivity index is 2.43. The van der Waals surface area contributed by atoms with E-state index in [9.17, 15) is 0 Å². The van der Waals surface area contributed by atoms with Crippen molar-refractivity contribution in [1.29, 1.82) is 0 Å². The molecule has 1 aliphatic rings. The standard InChI is InChI=1S/C8H13NO/c1-2-5-9-6-3-4-8(10)7-9/h3-4,7,10H,2,5-6H2,1H3. The Bertz CT molecular complexity index is 161. The molecule has 0 saturated heterocycles. The molecule has 0 spiro atoms. The first kappa shape index (κ1) is 7.19. The molecular weight excluding hydrogens is 126 g/mol. The molecule has 0 saturated carbocycles. The zero-order valence-electron chi connectivity index (χ0n) is 6.25. The molecule has 1 N–H and O–H groups in total. The molecular formula is C8H13NO. The van der Waals surface area contributed by atoms with Gasteiger partial charge < -0.3 is 10.0 Å². The van der Waals surface area contributed by atoms with E-state index in [0.717, 1.165) is 19.5 Å². The Hall–Kier alpha value is -0.920. The first-order valence-electron chi connectivity index (χ1n) is 3.64. The number of rotatable bonds is 2. The monoisotopic (exact) mass is 139 g/mol. The molecule has 56 valence electrons. The van der Waals surface area contributed by atoms with Crippen LogP contribution in [0.2, 0.25) is 0 Å². The minimum Gasteiger partial charge on any atom is -0.506 e. The highest BCUT2D eigenvalue weighted by atomic mass is 16.3. The molecule has 0 aromatic carbocycles. The average molecular weight is 139 g/mol. The van der Waals surface area contributed by atoms with Crippen molar-refractivity contribution in [3.05, 3.63) is 24.1 Å². The Labute approximate surface area is 61.5 Å². The van der Waals surface area contributed by atoms with E-state index >= 15 is 0 Å². The zero-order chi connectivity index (χ0) is 7.40. The Morgan fingerprint density at radius 1 is 1.70 bits per heavy atom. The van der Waals surface area contributed by atoms with Crippen LogP contribution >= 0.6 is 0 Å². The van der Waals surface area contributed by atoms with Gasteiger partial charge in [0.2, 0.25) is 0 Å². The lowest BCUT2D eigenvalue weighted by Crippen LogP contribution is -2.20. The molecule has 2 heteroatoms. The van der Waals surface area contributed by atoms with Crippen LogP contribution in [0.5, 0.6) is 0 Å². The third-order valence-corrected chi connectivity index (χ3v) is 1.45. The summed E-state index contributed by atoms with van der Waals surface area (Å²) in [6.45, 7) is 4.08. The molecule has 2 nitrogen and oxygen atoms in total. The predicted octanol–water partition coefficient (Wildman–Crippen LogP) is 1.67. The summed E-state index contributed by atoms with van der Waals surface area (Å²) in [7, 11) is 0. The Kier molecular flexibility index (Phi) is 2.37. The van der Waals surface area contributed by atoms with E-state index in [4.69, 9.17) is 5.11 Å². The summed E-state index contributed by atoms with van der Waals surface area (Å²) < 4.78 is 0. The van der Waals surface area contributed by atoms with Gasteiger partial charge in [-0.15, -0.1) is 0 Å². The van der Waals surface area contributed by atoms with E-state index in [0.29, 0.717) is 5.76 Å². The first-order valence-corrected chi connectivity index (χ1v) is 3.64.